The van der Waals surface area contributed by atoms with Gasteiger partial charge in [-0.05, 0) is 56.8 Å². The molecule has 0 radical (unpaired) electrons. The third-order valence-corrected chi connectivity index (χ3v) is 5.23. The van der Waals surface area contributed by atoms with E-state index in [-0.39, 0.29) is 0 Å². The second-order valence-electron chi connectivity index (χ2n) is 6.44. The van der Waals surface area contributed by atoms with Crippen LogP contribution in [0.4, 0.5) is 4.39 Å². The molecule has 0 aliphatic heterocycles. The molecular formula is C17H25F. The molecule has 2 fully saturated rings. The molecule has 2 saturated carbocycles. The average Bonchev–Trinajstić information content (AvgIpc) is 2.90. The van der Waals surface area contributed by atoms with Gasteiger partial charge >= 0.3 is 0 Å². The minimum atomic E-state index is -0.519. The van der Waals surface area contributed by atoms with Crippen LogP contribution in [0, 0.1) is 11.8 Å². The molecule has 0 atom stereocenters. The molecule has 0 aromatic rings. The number of hydrogen-bond donors (Lipinski definition) is 0. The van der Waals surface area contributed by atoms with E-state index in [0.29, 0.717) is 5.92 Å². The standard InChI is InChI=1S/C17H25F/c18-17-10-8-14(9-11-17)16-7-6-15(12-16)13-4-2-1-3-5-13/h6-7,13-14,17H,1-5,8-12H2. The van der Waals surface area contributed by atoms with Gasteiger partial charge in [0.1, 0.15) is 6.17 Å². The smallest absolute Gasteiger partial charge is 0.100 e. The van der Waals surface area contributed by atoms with E-state index in [4.69, 9.17) is 0 Å². The van der Waals surface area contributed by atoms with E-state index in [1.54, 1.807) is 11.1 Å². The molecule has 3 aliphatic carbocycles. The first-order valence-corrected chi connectivity index (χ1v) is 7.86. The highest BCUT2D eigenvalue weighted by molar-refractivity contribution is 5.33. The Kier molecular flexibility index (Phi) is 3.86. The summed E-state index contributed by atoms with van der Waals surface area (Å²) in [5, 5.41) is 0. The molecule has 0 N–H and O–H groups in total. The van der Waals surface area contributed by atoms with Gasteiger partial charge in [-0.2, -0.15) is 0 Å². The maximum Gasteiger partial charge on any atom is 0.100 e. The Hall–Kier alpha value is -0.590. The highest BCUT2D eigenvalue weighted by Crippen LogP contribution is 2.41. The largest absolute Gasteiger partial charge is 0.247 e. The van der Waals surface area contributed by atoms with Crippen LogP contribution in [-0.2, 0) is 0 Å². The number of rotatable bonds is 2. The van der Waals surface area contributed by atoms with Crippen molar-refractivity contribution in [3.05, 3.63) is 23.3 Å². The first-order valence-electron chi connectivity index (χ1n) is 7.86. The van der Waals surface area contributed by atoms with E-state index in [1.165, 1.54) is 38.5 Å². The van der Waals surface area contributed by atoms with Crippen LogP contribution in [0.3, 0.4) is 0 Å². The summed E-state index contributed by atoms with van der Waals surface area (Å²) in [5.74, 6) is 1.55. The molecule has 0 amide bonds. The molecule has 3 rings (SSSR count). The molecule has 18 heavy (non-hydrogen) atoms. The van der Waals surface area contributed by atoms with Crippen molar-refractivity contribution < 1.29 is 4.39 Å². The molecule has 0 aromatic heterocycles. The van der Waals surface area contributed by atoms with Gasteiger partial charge in [0.25, 0.3) is 0 Å². The van der Waals surface area contributed by atoms with Crippen molar-refractivity contribution in [2.24, 2.45) is 11.8 Å². The van der Waals surface area contributed by atoms with E-state index in [1.807, 2.05) is 0 Å². The van der Waals surface area contributed by atoms with E-state index in [2.05, 4.69) is 12.2 Å². The number of halogens is 1. The number of alkyl halides is 1. The van der Waals surface area contributed by atoms with Gasteiger partial charge in [-0.25, -0.2) is 4.39 Å². The van der Waals surface area contributed by atoms with Crippen molar-refractivity contribution in [1.82, 2.24) is 0 Å². The Morgan fingerprint density at radius 1 is 0.722 bits per heavy atom. The predicted octanol–water partition coefficient (Wildman–Crippen LogP) is 5.35. The van der Waals surface area contributed by atoms with Gasteiger partial charge in [0.15, 0.2) is 0 Å². The maximum absolute atomic E-state index is 13.2. The van der Waals surface area contributed by atoms with E-state index in [0.717, 1.165) is 31.6 Å². The summed E-state index contributed by atoms with van der Waals surface area (Å²) in [6.45, 7) is 0. The summed E-state index contributed by atoms with van der Waals surface area (Å²) in [6.07, 6.45) is 16.3. The van der Waals surface area contributed by atoms with Crippen LogP contribution in [0.5, 0.6) is 0 Å². The molecular weight excluding hydrogens is 223 g/mol. The molecule has 100 valence electrons. The maximum atomic E-state index is 13.2. The van der Waals surface area contributed by atoms with Crippen LogP contribution in [0.15, 0.2) is 23.3 Å². The van der Waals surface area contributed by atoms with Crippen LogP contribution in [-0.4, -0.2) is 6.17 Å². The van der Waals surface area contributed by atoms with Gasteiger partial charge in [0.05, 0.1) is 0 Å². The minimum Gasteiger partial charge on any atom is -0.247 e. The summed E-state index contributed by atoms with van der Waals surface area (Å²) < 4.78 is 13.2. The fourth-order valence-electron chi connectivity index (χ4n) is 4.03. The summed E-state index contributed by atoms with van der Waals surface area (Å²) >= 11 is 0. The second kappa shape index (κ2) is 5.59. The first-order chi connectivity index (χ1) is 8.83. The average molecular weight is 248 g/mol. The Morgan fingerprint density at radius 2 is 1.28 bits per heavy atom. The lowest BCUT2D eigenvalue weighted by molar-refractivity contribution is 0.221. The van der Waals surface area contributed by atoms with Crippen LogP contribution >= 0.6 is 0 Å². The summed E-state index contributed by atoms with van der Waals surface area (Å²) in [4.78, 5) is 0. The topological polar surface area (TPSA) is 0 Å². The van der Waals surface area contributed by atoms with Crippen molar-refractivity contribution in [3.8, 4) is 0 Å². The van der Waals surface area contributed by atoms with Gasteiger partial charge in [-0.1, -0.05) is 42.6 Å². The molecule has 0 bridgehead atoms. The van der Waals surface area contributed by atoms with Gasteiger partial charge in [-0.15, -0.1) is 0 Å². The van der Waals surface area contributed by atoms with Crippen molar-refractivity contribution in [1.29, 1.82) is 0 Å². The number of allylic oxidation sites excluding steroid dienone is 4. The Bertz CT molecular complexity index is 339. The lowest BCUT2D eigenvalue weighted by atomic mass is 9.79. The highest BCUT2D eigenvalue weighted by Gasteiger charge is 2.27. The molecule has 3 aliphatic rings. The predicted molar refractivity (Wildman–Crippen MR) is 74.2 cm³/mol. The second-order valence-corrected chi connectivity index (χ2v) is 6.44. The third kappa shape index (κ3) is 2.70. The van der Waals surface area contributed by atoms with Crippen LogP contribution < -0.4 is 0 Å². The van der Waals surface area contributed by atoms with Crippen molar-refractivity contribution in [3.63, 3.8) is 0 Å². The lowest BCUT2D eigenvalue weighted by Gasteiger charge is -2.27. The SMILES string of the molecule is FC1CCC(C2=CC=C(C3CCCCC3)C2)CC1. The molecule has 0 heterocycles. The van der Waals surface area contributed by atoms with E-state index >= 15 is 0 Å². The van der Waals surface area contributed by atoms with Crippen LogP contribution in [0.25, 0.3) is 0 Å². The molecule has 0 spiro atoms. The fourth-order valence-corrected chi connectivity index (χ4v) is 4.03. The summed E-state index contributed by atoms with van der Waals surface area (Å²) in [6, 6.07) is 0. The van der Waals surface area contributed by atoms with E-state index < -0.39 is 6.17 Å². The zero-order valence-corrected chi connectivity index (χ0v) is 11.3. The molecule has 0 nitrogen and oxygen atoms in total. The van der Waals surface area contributed by atoms with Gasteiger partial charge < -0.3 is 0 Å². The number of hydrogen-bond acceptors (Lipinski definition) is 0. The Morgan fingerprint density at radius 3 is 1.89 bits per heavy atom. The van der Waals surface area contributed by atoms with Crippen LogP contribution in [0.2, 0.25) is 0 Å². The Labute approximate surface area is 110 Å². The third-order valence-electron chi connectivity index (χ3n) is 5.23. The minimum absolute atomic E-state index is 0.519. The Balaban J connectivity index is 1.53. The quantitative estimate of drug-likeness (QED) is 0.618. The first kappa shape index (κ1) is 12.4. The molecule has 1 heteroatoms. The van der Waals surface area contributed by atoms with E-state index in [9.17, 15) is 4.39 Å². The lowest BCUT2D eigenvalue weighted by Crippen LogP contribution is -2.17. The zero-order valence-electron chi connectivity index (χ0n) is 11.3. The van der Waals surface area contributed by atoms with Crippen LogP contribution in [0.1, 0.15) is 64.2 Å². The van der Waals surface area contributed by atoms with Gasteiger partial charge in [0, 0.05) is 0 Å². The van der Waals surface area contributed by atoms with Crippen molar-refractivity contribution >= 4 is 0 Å². The summed E-state index contributed by atoms with van der Waals surface area (Å²) in [5.41, 5.74) is 3.30. The van der Waals surface area contributed by atoms with Gasteiger partial charge in [-0.3, -0.25) is 0 Å². The molecule has 0 saturated heterocycles. The highest BCUT2D eigenvalue weighted by atomic mass is 19.1. The normalized spacial score (nSPS) is 34.3. The van der Waals surface area contributed by atoms with Crippen molar-refractivity contribution in [2.45, 2.75) is 70.4 Å². The zero-order chi connectivity index (χ0) is 12.4. The van der Waals surface area contributed by atoms with Gasteiger partial charge in [0.2, 0.25) is 0 Å². The molecule has 0 unspecified atom stereocenters. The van der Waals surface area contributed by atoms with Crippen molar-refractivity contribution in [2.75, 3.05) is 0 Å². The molecule has 0 aromatic carbocycles. The fraction of sp³-hybridized carbons (Fsp3) is 0.765. The monoisotopic (exact) mass is 248 g/mol. The summed E-state index contributed by atoms with van der Waals surface area (Å²) in [7, 11) is 0.